The Bertz CT molecular complexity index is 660. The predicted molar refractivity (Wildman–Crippen MR) is 95.5 cm³/mol. The molecule has 1 aliphatic carbocycles. The SMILES string of the molecule is NC(=O)NCC(=O)N[C@@H]1CCCc2nc(N3CCC(CO)CC3)ncc21. The number of aliphatic hydroxyl groups is 1. The lowest BCUT2D eigenvalue weighted by Gasteiger charge is -2.32. The minimum atomic E-state index is -0.720. The van der Waals surface area contributed by atoms with Crippen molar-refractivity contribution in [2.45, 2.75) is 38.1 Å². The van der Waals surface area contributed by atoms with Gasteiger partial charge in [-0.25, -0.2) is 14.8 Å². The number of nitrogens with one attached hydrogen (secondary N) is 2. The van der Waals surface area contributed by atoms with Crippen LogP contribution in [0.5, 0.6) is 0 Å². The zero-order valence-corrected chi connectivity index (χ0v) is 14.8. The van der Waals surface area contributed by atoms with Crippen LogP contribution in [-0.4, -0.2) is 53.3 Å². The number of aromatic nitrogens is 2. The van der Waals surface area contributed by atoms with Crippen molar-refractivity contribution in [3.63, 3.8) is 0 Å². The number of fused-ring (bicyclic) bond motifs is 1. The maximum Gasteiger partial charge on any atom is 0.312 e. The lowest BCUT2D eigenvalue weighted by molar-refractivity contribution is -0.120. The predicted octanol–water partition coefficient (Wildman–Crippen LogP) is -0.153. The van der Waals surface area contributed by atoms with E-state index in [9.17, 15) is 14.7 Å². The highest BCUT2D eigenvalue weighted by atomic mass is 16.3. The van der Waals surface area contributed by atoms with E-state index in [-0.39, 0.29) is 25.1 Å². The zero-order chi connectivity index (χ0) is 18.5. The average Bonchev–Trinajstić information content (AvgIpc) is 2.66. The molecular weight excluding hydrogens is 336 g/mol. The van der Waals surface area contributed by atoms with Gasteiger partial charge in [0.05, 0.1) is 18.3 Å². The molecule has 0 unspecified atom stereocenters. The lowest BCUT2D eigenvalue weighted by Crippen LogP contribution is -2.41. The van der Waals surface area contributed by atoms with E-state index in [2.05, 4.69) is 20.5 Å². The number of amides is 3. The van der Waals surface area contributed by atoms with Crippen LogP contribution in [0.1, 0.15) is 43.0 Å². The van der Waals surface area contributed by atoms with Gasteiger partial charge in [-0.2, -0.15) is 0 Å². The van der Waals surface area contributed by atoms with Crippen LogP contribution in [0.25, 0.3) is 0 Å². The minimum Gasteiger partial charge on any atom is -0.396 e. The Balaban J connectivity index is 1.65. The molecule has 26 heavy (non-hydrogen) atoms. The van der Waals surface area contributed by atoms with Crippen molar-refractivity contribution in [2.24, 2.45) is 11.7 Å². The fraction of sp³-hybridized carbons (Fsp3) is 0.647. The maximum absolute atomic E-state index is 11.9. The molecule has 9 heteroatoms. The molecule has 0 saturated carbocycles. The molecule has 9 nitrogen and oxygen atoms in total. The van der Waals surface area contributed by atoms with Gasteiger partial charge < -0.3 is 26.4 Å². The van der Waals surface area contributed by atoms with Gasteiger partial charge in [-0.05, 0) is 38.0 Å². The highest BCUT2D eigenvalue weighted by Crippen LogP contribution is 2.30. The van der Waals surface area contributed by atoms with Gasteiger partial charge in [-0.15, -0.1) is 0 Å². The first kappa shape index (κ1) is 18.4. The normalized spacial score (nSPS) is 20.3. The van der Waals surface area contributed by atoms with Gasteiger partial charge in [0.25, 0.3) is 0 Å². The van der Waals surface area contributed by atoms with Crippen molar-refractivity contribution in [3.05, 3.63) is 17.5 Å². The number of anilines is 1. The Morgan fingerprint density at radius 3 is 2.77 bits per heavy atom. The maximum atomic E-state index is 11.9. The number of aryl methyl sites for hydroxylation is 1. The Morgan fingerprint density at radius 1 is 1.31 bits per heavy atom. The van der Waals surface area contributed by atoms with Crippen molar-refractivity contribution in [3.8, 4) is 0 Å². The van der Waals surface area contributed by atoms with Gasteiger partial charge in [-0.1, -0.05) is 0 Å². The zero-order valence-electron chi connectivity index (χ0n) is 14.8. The van der Waals surface area contributed by atoms with E-state index in [1.165, 1.54) is 0 Å². The summed E-state index contributed by atoms with van der Waals surface area (Å²) in [5.74, 6) is 0.816. The van der Waals surface area contributed by atoms with Gasteiger partial charge >= 0.3 is 6.03 Å². The molecule has 0 spiro atoms. The Kier molecular flexibility index (Phi) is 5.87. The number of carbonyl (C=O) groups excluding carboxylic acids is 2. The Morgan fingerprint density at radius 2 is 2.08 bits per heavy atom. The number of aliphatic hydroxyl groups excluding tert-OH is 1. The molecule has 2 heterocycles. The third kappa shape index (κ3) is 4.40. The smallest absolute Gasteiger partial charge is 0.312 e. The van der Waals surface area contributed by atoms with Crippen LogP contribution < -0.4 is 21.3 Å². The molecule has 1 atom stereocenters. The summed E-state index contributed by atoms with van der Waals surface area (Å²) in [7, 11) is 0. The summed E-state index contributed by atoms with van der Waals surface area (Å²) >= 11 is 0. The van der Waals surface area contributed by atoms with Crippen LogP contribution in [0.2, 0.25) is 0 Å². The summed E-state index contributed by atoms with van der Waals surface area (Å²) in [6, 6.07) is -0.864. The molecule has 1 saturated heterocycles. The largest absolute Gasteiger partial charge is 0.396 e. The molecule has 0 bridgehead atoms. The number of carbonyl (C=O) groups is 2. The molecule has 1 aromatic heterocycles. The molecule has 3 rings (SSSR count). The topological polar surface area (TPSA) is 133 Å². The second kappa shape index (κ2) is 8.31. The van der Waals surface area contributed by atoms with E-state index in [0.717, 1.165) is 62.4 Å². The van der Waals surface area contributed by atoms with Gasteiger partial charge in [0, 0.05) is 31.5 Å². The van der Waals surface area contributed by atoms with Crippen molar-refractivity contribution in [1.82, 2.24) is 20.6 Å². The first-order chi connectivity index (χ1) is 12.6. The standard InChI is InChI=1S/C17H26N6O3/c18-16(26)19-9-15(25)21-13-2-1-3-14-12(13)8-20-17(22-14)23-6-4-11(10-24)5-7-23/h8,11,13,24H,1-7,9-10H2,(H,21,25)(H3,18,19,26)/t13-/m1/s1. The Labute approximate surface area is 152 Å². The fourth-order valence-corrected chi connectivity index (χ4v) is 3.57. The molecule has 142 valence electrons. The van der Waals surface area contributed by atoms with Crippen LogP contribution in [0.4, 0.5) is 10.7 Å². The van der Waals surface area contributed by atoms with Crippen molar-refractivity contribution in [1.29, 1.82) is 0 Å². The minimum absolute atomic E-state index is 0.139. The van der Waals surface area contributed by atoms with Crippen LogP contribution >= 0.6 is 0 Å². The summed E-state index contributed by atoms with van der Waals surface area (Å²) in [5.41, 5.74) is 6.90. The molecule has 3 amide bonds. The highest BCUT2D eigenvalue weighted by Gasteiger charge is 2.26. The first-order valence-corrected chi connectivity index (χ1v) is 9.11. The Hall–Kier alpha value is -2.42. The van der Waals surface area contributed by atoms with Gasteiger partial charge in [0.15, 0.2) is 0 Å². The molecule has 0 aromatic carbocycles. The second-order valence-electron chi connectivity index (χ2n) is 6.92. The van der Waals surface area contributed by atoms with E-state index in [0.29, 0.717) is 5.92 Å². The fourth-order valence-electron chi connectivity index (χ4n) is 3.57. The molecule has 1 aliphatic heterocycles. The summed E-state index contributed by atoms with van der Waals surface area (Å²) < 4.78 is 0. The number of piperidine rings is 1. The van der Waals surface area contributed by atoms with E-state index >= 15 is 0 Å². The monoisotopic (exact) mass is 362 g/mol. The number of hydrogen-bond acceptors (Lipinski definition) is 6. The highest BCUT2D eigenvalue weighted by molar-refractivity contribution is 5.83. The first-order valence-electron chi connectivity index (χ1n) is 9.11. The summed E-state index contributed by atoms with van der Waals surface area (Å²) in [4.78, 5) is 34.1. The summed E-state index contributed by atoms with van der Waals surface area (Å²) in [5, 5.41) is 14.5. The average molecular weight is 362 g/mol. The number of urea groups is 1. The van der Waals surface area contributed by atoms with Gasteiger partial charge in [-0.3, -0.25) is 4.79 Å². The van der Waals surface area contributed by atoms with Crippen molar-refractivity contribution >= 4 is 17.9 Å². The van der Waals surface area contributed by atoms with Crippen LogP contribution in [0.15, 0.2) is 6.20 Å². The van der Waals surface area contributed by atoms with Crippen LogP contribution in [0, 0.1) is 5.92 Å². The number of primary amides is 1. The third-order valence-electron chi connectivity index (χ3n) is 5.08. The van der Waals surface area contributed by atoms with E-state index in [4.69, 9.17) is 10.7 Å². The number of rotatable bonds is 5. The molecule has 1 fully saturated rings. The molecule has 1 aromatic rings. The summed E-state index contributed by atoms with van der Waals surface area (Å²) in [6.45, 7) is 1.80. The third-order valence-corrected chi connectivity index (χ3v) is 5.08. The molecule has 5 N–H and O–H groups in total. The number of nitrogens with two attached hydrogens (primary N) is 1. The number of hydrogen-bond donors (Lipinski definition) is 4. The van der Waals surface area contributed by atoms with Crippen LogP contribution in [-0.2, 0) is 11.2 Å². The second-order valence-corrected chi connectivity index (χ2v) is 6.92. The number of nitrogens with zero attached hydrogens (tertiary/aromatic N) is 3. The van der Waals surface area contributed by atoms with E-state index in [1.807, 2.05) is 0 Å². The van der Waals surface area contributed by atoms with E-state index in [1.54, 1.807) is 6.20 Å². The quantitative estimate of drug-likeness (QED) is 0.575. The van der Waals surface area contributed by atoms with Crippen LogP contribution in [0.3, 0.4) is 0 Å². The van der Waals surface area contributed by atoms with Gasteiger partial charge in [0.1, 0.15) is 0 Å². The van der Waals surface area contributed by atoms with Gasteiger partial charge in [0.2, 0.25) is 11.9 Å². The molecule has 2 aliphatic rings. The van der Waals surface area contributed by atoms with Crippen molar-refractivity contribution in [2.75, 3.05) is 31.1 Å². The molecule has 0 radical (unpaired) electrons. The van der Waals surface area contributed by atoms with E-state index < -0.39 is 6.03 Å². The summed E-state index contributed by atoms with van der Waals surface area (Å²) in [6.07, 6.45) is 6.32. The van der Waals surface area contributed by atoms with Crippen molar-refractivity contribution < 1.29 is 14.7 Å². The molecular formula is C17H26N6O3. The lowest BCUT2D eigenvalue weighted by atomic mass is 9.92.